The summed E-state index contributed by atoms with van der Waals surface area (Å²) in [6.07, 6.45) is 3.55. The third-order valence-corrected chi connectivity index (χ3v) is 6.08. The second-order valence-corrected chi connectivity index (χ2v) is 7.79. The molecule has 1 N–H and O–H groups in total. The molecular formula is C21H29N3O4. The Balaban J connectivity index is 1.39. The largest absolute Gasteiger partial charge is 0.392 e. The lowest BCUT2D eigenvalue weighted by Gasteiger charge is -2.38. The molecule has 3 heterocycles. The molecule has 0 atom stereocenters. The van der Waals surface area contributed by atoms with Crippen LogP contribution in [0, 0.1) is 0 Å². The first-order chi connectivity index (χ1) is 13.7. The first kappa shape index (κ1) is 19.5. The number of likely N-dealkylation sites (tertiary alicyclic amines) is 1. The predicted octanol–water partition coefficient (Wildman–Crippen LogP) is 2.59. The topological polar surface area (TPSA) is 80.9 Å². The van der Waals surface area contributed by atoms with Crippen molar-refractivity contribution in [3.05, 3.63) is 47.1 Å². The number of nitrogens with zero attached hydrogens (tertiary/aromatic N) is 3. The summed E-state index contributed by atoms with van der Waals surface area (Å²) >= 11 is 0. The van der Waals surface area contributed by atoms with Crippen molar-refractivity contribution in [1.82, 2.24) is 15.0 Å². The molecular weight excluding hydrogens is 358 g/mol. The predicted molar refractivity (Wildman–Crippen MR) is 103 cm³/mol. The molecule has 28 heavy (non-hydrogen) atoms. The van der Waals surface area contributed by atoms with Gasteiger partial charge in [0.1, 0.15) is 5.60 Å². The Bertz CT molecular complexity index is 747. The van der Waals surface area contributed by atoms with Crippen LogP contribution in [0.15, 0.2) is 28.8 Å². The van der Waals surface area contributed by atoms with Gasteiger partial charge >= 0.3 is 0 Å². The summed E-state index contributed by atoms with van der Waals surface area (Å²) in [6.45, 7) is 4.31. The molecule has 1 aromatic heterocycles. The van der Waals surface area contributed by atoms with Gasteiger partial charge in [-0.25, -0.2) is 0 Å². The van der Waals surface area contributed by atoms with Crippen LogP contribution in [0.25, 0.3) is 0 Å². The molecule has 0 unspecified atom stereocenters. The number of aliphatic hydroxyl groups excluding tert-OH is 1. The van der Waals surface area contributed by atoms with Gasteiger partial charge < -0.3 is 19.1 Å². The first-order valence-electron chi connectivity index (χ1n) is 10.1. The van der Waals surface area contributed by atoms with Gasteiger partial charge in [-0.05, 0) is 36.8 Å². The maximum Gasteiger partial charge on any atom is 0.258 e. The van der Waals surface area contributed by atoms with Crippen molar-refractivity contribution in [2.24, 2.45) is 0 Å². The molecule has 2 aliphatic rings. The van der Waals surface area contributed by atoms with E-state index in [2.05, 4.69) is 22.2 Å². The van der Waals surface area contributed by atoms with Crippen molar-refractivity contribution < 1.29 is 19.1 Å². The molecule has 0 aliphatic carbocycles. The van der Waals surface area contributed by atoms with Gasteiger partial charge in [-0.15, -0.1) is 0 Å². The molecule has 4 rings (SSSR count). The van der Waals surface area contributed by atoms with Crippen molar-refractivity contribution in [1.29, 1.82) is 0 Å². The minimum Gasteiger partial charge on any atom is -0.392 e. The van der Waals surface area contributed by atoms with E-state index in [1.54, 1.807) is 7.11 Å². The molecule has 2 saturated heterocycles. The molecule has 1 aromatic carbocycles. The molecule has 7 heteroatoms. The van der Waals surface area contributed by atoms with Crippen LogP contribution in [0.3, 0.4) is 0 Å². The highest BCUT2D eigenvalue weighted by atomic mass is 16.5. The van der Waals surface area contributed by atoms with Crippen molar-refractivity contribution in [2.45, 2.75) is 50.4 Å². The Morgan fingerprint density at radius 1 is 1.14 bits per heavy atom. The lowest BCUT2D eigenvalue weighted by molar-refractivity contribution is -0.0838. The van der Waals surface area contributed by atoms with Crippen molar-refractivity contribution in [3.63, 3.8) is 0 Å². The lowest BCUT2D eigenvalue weighted by atomic mass is 9.90. The molecule has 0 radical (unpaired) electrons. The smallest absolute Gasteiger partial charge is 0.258 e. The summed E-state index contributed by atoms with van der Waals surface area (Å²) < 4.78 is 17.0. The Morgan fingerprint density at radius 2 is 1.82 bits per heavy atom. The van der Waals surface area contributed by atoms with Gasteiger partial charge in [0.2, 0.25) is 0 Å². The minimum atomic E-state index is -0.492. The fourth-order valence-electron chi connectivity index (χ4n) is 4.13. The van der Waals surface area contributed by atoms with E-state index in [0.29, 0.717) is 11.8 Å². The quantitative estimate of drug-likeness (QED) is 0.816. The van der Waals surface area contributed by atoms with Crippen LogP contribution in [0.4, 0.5) is 0 Å². The monoisotopic (exact) mass is 387 g/mol. The molecule has 0 spiro atoms. The van der Waals surface area contributed by atoms with Crippen molar-refractivity contribution in [2.75, 3.05) is 33.4 Å². The normalized spacial score (nSPS) is 21.1. The van der Waals surface area contributed by atoms with E-state index in [9.17, 15) is 5.11 Å². The van der Waals surface area contributed by atoms with Gasteiger partial charge in [-0.3, -0.25) is 4.90 Å². The van der Waals surface area contributed by atoms with Crippen LogP contribution in [-0.2, 0) is 28.2 Å². The van der Waals surface area contributed by atoms with Crippen LogP contribution in [0.2, 0.25) is 0 Å². The number of rotatable bonds is 6. The number of aromatic nitrogens is 2. The highest BCUT2D eigenvalue weighted by molar-refractivity contribution is 5.22. The minimum absolute atomic E-state index is 0.0837. The summed E-state index contributed by atoms with van der Waals surface area (Å²) in [5, 5.41) is 13.4. The fourth-order valence-corrected chi connectivity index (χ4v) is 4.13. The average Bonchev–Trinajstić information content (AvgIpc) is 3.27. The lowest BCUT2D eigenvalue weighted by Crippen LogP contribution is -2.43. The van der Waals surface area contributed by atoms with E-state index in [-0.39, 0.29) is 6.61 Å². The second-order valence-electron chi connectivity index (χ2n) is 7.79. The average molecular weight is 387 g/mol. The zero-order valence-corrected chi connectivity index (χ0v) is 16.5. The third kappa shape index (κ3) is 4.12. The zero-order valence-electron chi connectivity index (χ0n) is 16.5. The molecule has 2 aromatic rings. The van der Waals surface area contributed by atoms with Crippen LogP contribution in [0.1, 0.15) is 54.4 Å². The molecule has 2 fully saturated rings. The first-order valence-corrected chi connectivity index (χ1v) is 10.1. The van der Waals surface area contributed by atoms with Gasteiger partial charge in [-0.2, -0.15) is 4.98 Å². The SMILES string of the molecule is COC1(c2nc(C3CCOCC3)no2)CCN(Cc2ccc(CO)cc2)CC1. The molecule has 0 amide bonds. The molecule has 2 aliphatic heterocycles. The summed E-state index contributed by atoms with van der Waals surface area (Å²) in [7, 11) is 1.74. The van der Waals surface area contributed by atoms with Crippen molar-refractivity contribution in [3.8, 4) is 0 Å². The standard InChI is InChI=1S/C21H29N3O4/c1-26-21(20-22-19(23-28-20)18-6-12-27-13-7-18)8-10-24(11-9-21)14-16-2-4-17(15-25)5-3-16/h2-5,18,25H,6-15H2,1H3. The zero-order chi connectivity index (χ0) is 19.4. The van der Waals surface area contributed by atoms with E-state index < -0.39 is 5.60 Å². The van der Waals surface area contributed by atoms with Gasteiger partial charge in [0, 0.05) is 45.9 Å². The Morgan fingerprint density at radius 3 is 2.46 bits per heavy atom. The van der Waals surface area contributed by atoms with Crippen LogP contribution in [0.5, 0.6) is 0 Å². The van der Waals surface area contributed by atoms with Gasteiger partial charge in [0.05, 0.1) is 6.61 Å². The second kappa shape index (κ2) is 8.69. The summed E-state index contributed by atoms with van der Waals surface area (Å²) in [6, 6.07) is 8.13. The Labute approximate surface area is 165 Å². The van der Waals surface area contributed by atoms with Gasteiger partial charge in [0.15, 0.2) is 5.82 Å². The number of hydrogen-bond donors (Lipinski definition) is 1. The Kier molecular flexibility index (Phi) is 6.06. The van der Waals surface area contributed by atoms with E-state index >= 15 is 0 Å². The molecule has 0 saturated carbocycles. The number of aliphatic hydroxyl groups is 1. The van der Waals surface area contributed by atoms with E-state index in [4.69, 9.17) is 19.0 Å². The summed E-state index contributed by atoms with van der Waals surface area (Å²) in [5.41, 5.74) is 1.70. The van der Waals surface area contributed by atoms with Gasteiger partial charge in [0.25, 0.3) is 5.89 Å². The third-order valence-electron chi connectivity index (χ3n) is 6.08. The summed E-state index contributed by atoms with van der Waals surface area (Å²) in [5.74, 6) is 1.73. The molecule has 152 valence electrons. The van der Waals surface area contributed by atoms with Crippen LogP contribution < -0.4 is 0 Å². The molecule has 7 nitrogen and oxygen atoms in total. The van der Waals surface area contributed by atoms with E-state index in [1.165, 1.54) is 5.56 Å². The highest BCUT2D eigenvalue weighted by Gasteiger charge is 2.42. The number of benzene rings is 1. The highest BCUT2D eigenvalue weighted by Crippen LogP contribution is 2.37. The number of hydrogen-bond acceptors (Lipinski definition) is 7. The van der Waals surface area contributed by atoms with Crippen LogP contribution >= 0.6 is 0 Å². The van der Waals surface area contributed by atoms with Gasteiger partial charge in [-0.1, -0.05) is 29.4 Å². The van der Waals surface area contributed by atoms with Crippen LogP contribution in [-0.4, -0.2) is 53.6 Å². The van der Waals surface area contributed by atoms with E-state index in [1.807, 2.05) is 12.1 Å². The summed E-state index contributed by atoms with van der Waals surface area (Å²) in [4.78, 5) is 7.15. The molecule has 0 bridgehead atoms. The maximum absolute atomic E-state index is 9.18. The Hall–Kier alpha value is -1.80. The fraction of sp³-hybridized carbons (Fsp3) is 0.619. The number of piperidine rings is 1. The number of ether oxygens (including phenoxy) is 2. The van der Waals surface area contributed by atoms with E-state index in [0.717, 1.165) is 69.9 Å². The number of methoxy groups -OCH3 is 1. The van der Waals surface area contributed by atoms with Crippen molar-refractivity contribution >= 4 is 0 Å². The maximum atomic E-state index is 9.18.